The summed E-state index contributed by atoms with van der Waals surface area (Å²) in [6, 6.07) is 15.4. The van der Waals surface area contributed by atoms with E-state index in [0.717, 1.165) is 23.2 Å². The number of carbonyl (C=O) groups excluding carboxylic acids is 2. The zero-order chi connectivity index (χ0) is 18.9. The lowest BCUT2D eigenvalue weighted by Crippen LogP contribution is -2.30. The van der Waals surface area contributed by atoms with Gasteiger partial charge in [-0.05, 0) is 42.2 Å². The molecule has 0 atom stereocenters. The van der Waals surface area contributed by atoms with Gasteiger partial charge in [0.15, 0.2) is 6.61 Å². The fraction of sp³-hybridized carbons (Fsp3) is 0.333. The predicted molar refractivity (Wildman–Crippen MR) is 103 cm³/mol. The Labute approximate surface area is 158 Å². The SMILES string of the molecule is O=C(COc1ccc2c(c1)CCC(=O)N2)NCCCOCc1ccccc1. The smallest absolute Gasteiger partial charge is 0.257 e. The van der Waals surface area contributed by atoms with Crippen LogP contribution in [-0.2, 0) is 27.4 Å². The monoisotopic (exact) mass is 368 g/mol. The van der Waals surface area contributed by atoms with Crippen LogP contribution >= 0.6 is 0 Å². The molecular formula is C21H24N2O4. The minimum absolute atomic E-state index is 0.0308. The van der Waals surface area contributed by atoms with E-state index in [1.165, 1.54) is 0 Å². The lowest BCUT2D eigenvalue weighted by Gasteiger charge is -2.17. The summed E-state index contributed by atoms with van der Waals surface area (Å²) in [7, 11) is 0. The van der Waals surface area contributed by atoms with E-state index in [0.29, 0.717) is 38.3 Å². The van der Waals surface area contributed by atoms with Crippen LogP contribution in [0.1, 0.15) is 24.0 Å². The molecule has 0 saturated heterocycles. The van der Waals surface area contributed by atoms with Crippen molar-refractivity contribution in [2.75, 3.05) is 25.1 Å². The molecule has 2 N–H and O–H groups in total. The summed E-state index contributed by atoms with van der Waals surface area (Å²) in [5.74, 6) is 0.499. The van der Waals surface area contributed by atoms with Gasteiger partial charge in [-0.1, -0.05) is 30.3 Å². The second-order valence-corrected chi connectivity index (χ2v) is 6.40. The van der Waals surface area contributed by atoms with Crippen molar-refractivity contribution in [1.82, 2.24) is 5.32 Å². The number of ether oxygens (including phenoxy) is 2. The molecule has 2 amide bonds. The average Bonchev–Trinajstić information content (AvgIpc) is 2.69. The Morgan fingerprint density at radius 2 is 1.96 bits per heavy atom. The second kappa shape index (κ2) is 9.73. The van der Waals surface area contributed by atoms with E-state index in [4.69, 9.17) is 9.47 Å². The first-order chi connectivity index (χ1) is 13.2. The summed E-state index contributed by atoms with van der Waals surface area (Å²) < 4.78 is 11.1. The van der Waals surface area contributed by atoms with Crippen LogP contribution in [0.5, 0.6) is 5.75 Å². The van der Waals surface area contributed by atoms with Crippen molar-refractivity contribution in [3.63, 3.8) is 0 Å². The van der Waals surface area contributed by atoms with Gasteiger partial charge < -0.3 is 20.1 Å². The van der Waals surface area contributed by atoms with Crippen molar-refractivity contribution in [3.8, 4) is 5.75 Å². The molecule has 0 radical (unpaired) electrons. The van der Waals surface area contributed by atoms with Crippen molar-refractivity contribution >= 4 is 17.5 Å². The van der Waals surface area contributed by atoms with Crippen molar-refractivity contribution in [2.45, 2.75) is 25.9 Å². The summed E-state index contributed by atoms with van der Waals surface area (Å²) in [4.78, 5) is 23.2. The number of carbonyl (C=O) groups is 2. The topological polar surface area (TPSA) is 76.7 Å². The van der Waals surface area contributed by atoms with Crippen molar-refractivity contribution in [3.05, 3.63) is 59.7 Å². The van der Waals surface area contributed by atoms with Crippen LogP contribution in [0.4, 0.5) is 5.69 Å². The van der Waals surface area contributed by atoms with Gasteiger partial charge >= 0.3 is 0 Å². The zero-order valence-electron chi connectivity index (χ0n) is 15.2. The van der Waals surface area contributed by atoms with Crippen LogP contribution in [0.15, 0.2) is 48.5 Å². The van der Waals surface area contributed by atoms with Crippen LogP contribution in [0.2, 0.25) is 0 Å². The Kier molecular flexibility index (Phi) is 6.82. The molecule has 0 aromatic heterocycles. The van der Waals surface area contributed by atoms with E-state index >= 15 is 0 Å². The summed E-state index contributed by atoms with van der Waals surface area (Å²) in [6.45, 7) is 1.69. The summed E-state index contributed by atoms with van der Waals surface area (Å²) in [6.07, 6.45) is 1.91. The molecule has 0 aliphatic carbocycles. The fourth-order valence-corrected chi connectivity index (χ4v) is 2.82. The van der Waals surface area contributed by atoms with Crippen molar-refractivity contribution < 1.29 is 19.1 Å². The molecule has 0 fully saturated rings. The number of nitrogens with one attached hydrogen (secondary N) is 2. The first kappa shape index (κ1) is 18.9. The third kappa shape index (κ3) is 6.11. The van der Waals surface area contributed by atoms with Crippen LogP contribution < -0.4 is 15.4 Å². The Morgan fingerprint density at radius 3 is 2.81 bits per heavy atom. The van der Waals surface area contributed by atoms with Gasteiger partial charge in [-0.15, -0.1) is 0 Å². The van der Waals surface area contributed by atoms with E-state index in [1.54, 1.807) is 6.07 Å². The van der Waals surface area contributed by atoms with Crippen molar-refractivity contribution in [1.29, 1.82) is 0 Å². The molecule has 0 spiro atoms. The van der Waals surface area contributed by atoms with E-state index in [9.17, 15) is 9.59 Å². The number of rotatable bonds is 9. The molecule has 27 heavy (non-hydrogen) atoms. The van der Waals surface area contributed by atoms with Gasteiger partial charge in [-0.3, -0.25) is 9.59 Å². The van der Waals surface area contributed by atoms with Gasteiger partial charge in [0.25, 0.3) is 5.91 Å². The molecular weight excluding hydrogens is 344 g/mol. The number of aryl methyl sites for hydroxylation is 1. The van der Waals surface area contributed by atoms with Gasteiger partial charge in [-0.2, -0.15) is 0 Å². The number of amides is 2. The minimum atomic E-state index is -0.163. The van der Waals surface area contributed by atoms with Gasteiger partial charge in [-0.25, -0.2) is 0 Å². The van der Waals surface area contributed by atoms with Crippen LogP contribution in [0.25, 0.3) is 0 Å². The Balaban J connectivity index is 1.29. The Morgan fingerprint density at radius 1 is 1.11 bits per heavy atom. The zero-order valence-corrected chi connectivity index (χ0v) is 15.2. The number of benzene rings is 2. The normalized spacial score (nSPS) is 12.8. The number of fused-ring (bicyclic) bond motifs is 1. The van der Waals surface area contributed by atoms with E-state index in [2.05, 4.69) is 10.6 Å². The molecule has 0 bridgehead atoms. The molecule has 0 unspecified atom stereocenters. The molecule has 6 heteroatoms. The second-order valence-electron chi connectivity index (χ2n) is 6.40. The third-order valence-corrected chi connectivity index (χ3v) is 4.24. The van der Waals surface area contributed by atoms with E-state index < -0.39 is 0 Å². The third-order valence-electron chi connectivity index (χ3n) is 4.24. The lowest BCUT2D eigenvalue weighted by molar-refractivity contribution is -0.123. The predicted octanol–water partition coefficient (Wildman–Crippen LogP) is 2.67. The number of hydrogen-bond donors (Lipinski definition) is 2. The highest BCUT2D eigenvalue weighted by molar-refractivity contribution is 5.94. The van der Waals surface area contributed by atoms with Crippen LogP contribution in [-0.4, -0.2) is 31.6 Å². The molecule has 2 aromatic rings. The van der Waals surface area contributed by atoms with Gasteiger partial charge in [0.2, 0.25) is 5.91 Å². The summed E-state index contributed by atoms with van der Waals surface area (Å²) in [5, 5.41) is 5.64. The highest BCUT2D eigenvalue weighted by Gasteiger charge is 2.15. The maximum atomic E-state index is 11.9. The maximum absolute atomic E-state index is 11.9. The minimum Gasteiger partial charge on any atom is -0.484 e. The first-order valence-electron chi connectivity index (χ1n) is 9.14. The van der Waals surface area contributed by atoms with Crippen LogP contribution in [0.3, 0.4) is 0 Å². The standard InChI is InChI=1S/C21H24N2O4/c24-20-10-7-17-13-18(8-9-19(17)23-20)27-15-21(25)22-11-4-12-26-14-16-5-2-1-3-6-16/h1-3,5-6,8-9,13H,4,7,10-12,14-15H2,(H,22,25)(H,23,24). The Bertz CT molecular complexity index is 777. The highest BCUT2D eigenvalue weighted by atomic mass is 16.5. The molecule has 2 aromatic carbocycles. The molecule has 142 valence electrons. The summed E-state index contributed by atoms with van der Waals surface area (Å²) in [5.41, 5.74) is 2.99. The molecule has 6 nitrogen and oxygen atoms in total. The number of anilines is 1. The highest BCUT2D eigenvalue weighted by Crippen LogP contribution is 2.26. The Hall–Kier alpha value is -2.86. The first-order valence-corrected chi connectivity index (χ1v) is 9.14. The fourth-order valence-electron chi connectivity index (χ4n) is 2.82. The van der Waals surface area contributed by atoms with Crippen LogP contribution in [0, 0.1) is 0 Å². The van der Waals surface area contributed by atoms with E-state index in [1.807, 2.05) is 42.5 Å². The largest absolute Gasteiger partial charge is 0.484 e. The maximum Gasteiger partial charge on any atom is 0.257 e. The van der Waals surface area contributed by atoms with Gasteiger partial charge in [0, 0.05) is 25.3 Å². The number of hydrogen-bond acceptors (Lipinski definition) is 4. The quantitative estimate of drug-likeness (QED) is 0.667. The van der Waals surface area contributed by atoms with E-state index in [-0.39, 0.29) is 18.4 Å². The molecule has 1 aliphatic rings. The lowest BCUT2D eigenvalue weighted by atomic mass is 10.0. The van der Waals surface area contributed by atoms with Gasteiger partial charge in [0.05, 0.1) is 6.61 Å². The van der Waals surface area contributed by atoms with Crippen molar-refractivity contribution in [2.24, 2.45) is 0 Å². The molecule has 3 rings (SSSR count). The molecule has 1 aliphatic heterocycles. The average molecular weight is 368 g/mol. The molecule has 1 heterocycles. The molecule has 0 saturated carbocycles. The van der Waals surface area contributed by atoms with Gasteiger partial charge in [0.1, 0.15) is 5.75 Å². The summed E-state index contributed by atoms with van der Waals surface area (Å²) >= 11 is 0.